The minimum atomic E-state index is -0.641. The fourth-order valence-electron chi connectivity index (χ4n) is 2.13. The molecule has 0 spiro atoms. The number of hydrogen-bond donors (Lipinski definition) is 2. The highest BCUT2D eigenvalue weighted by atomic mass is 35.5. The highest BCUT2D eigenvalue weighted by Crippen LogP contribution is 2.24. The summed E-state index contributed by atoms with van der Waals surface area (Å²) in [6, 6.07) is 7.42. The molecule has 0 saturated heterocycles. The first-order valence-corrected chi connectivity index (χ1v) is 7.34. The highest BCUT2D eigenvalue weighted by Gasteiger charge is 2.15. The van der Waals surface area contributed by atoms with Gasteiger partial charge in [-0.1, -0.05) is 11.6 Å². The molecule has 0 aliphatic carbocycles. The highest BCUT2D eigenvalue weighted by molar-refractivity contribution is 6.31. The van der Waals surface area contributed by atoms with Gasteiger partial charge in [-0.15, -0.1) is 0 Å². The van der Waals surface area contributed by atoms with Crippen molar-refractivity contribution in [3.63, 3.8) is 0 Å². The SMILES string of the molecule is O=c1c(CO)c(Nc2ccc(Cl)c([ClH+])c2)nc2c(F)cccn12. The van der Waals surface area contributed by atoms with Crippen LogP contribution >= 0.6 is 11.6 Å². The van der Waals surface area contributed by atoms with Gasteiger partial charge >= 0.3 is 0 Å². The number of hydrogen-bond acceptors (Lipinski definition) is 4. The number of nitrogens with zero attached hydrogens (tertiary/aromatic N) is 2. The van der Waals surface area contributed by atoms with Crippen LogP contribution in [0.25, 0.3) is 5.65 Å². The first-order chi connectivity index (χ1) is 11.0. The van der Waals surface area contributed by atoms with E-state index in [0.29, 0.717) is 15.7 Å². The monoisotopic (exact) mass is 354 g/mol. The Morgan fingerprint density at radius 1 is 1.39 bits per heavy atom. The molecule has 0 atom stereocenters. The Labute approximate surface area is 139 Å². The predicted octanol–water partition coefficient (Wildman–Crippen LogP) is 2.42. The molecule has 0 saturated carbocycles. The van der Waals surface area contributed by atoms with Gasteiger partial charge in [0.05, 0.1) is 12.2 Å². The van der Waals surface area contributed by atoms with Crippen molar-refractivity contribution in [2.75, 3.05) is 5.32 Å². The zero-order valence-electron chi connectivity index (χ0n) is 11.6. The van der Waals surface area contributed by atoms with Gasteiger partial charge in [0.1, 0.15) is 10.8 Å². The second-order valence-electron chi connectivity index (χ2n) is 4.72. The third kappa shape index (κ3) is 2.88. The smallest absolute Gasteiger partial charge is 0.265 e. The maximum atomic E-state index is 13.9. The molecule has 118 valence electrons. The third-order valence-corrected chi connectivity index (χ3v) is 4.03. The van der Waals surface area contributed by atoms with E-state index in [1.165, 1.54) is 18.3 Å². The molecular formula is C15H11Cl2FN3O2+. The van der Waals surface area contributed by atoms with Gasteiger partial charge in [-0.3, -0.25) is 9.20 Å². The number of nitrogens with one attached hydrogen (secondary N) is 1. The molecule has 0 unspecified atom stereocenters. The molecule has 3 rings (SSSR count). The van der Waals surface area contributed by atoms with Gasteiger partial charge in [-0.25, -0.2) is 9.37 Å². The van der Waals surface area contributed by atoms with Crippen molar-refractivity contribution in [2.45, 2.75) is 6.61 Å². The van der Waals surface area contributed by atoms with Crippen LogP contribution in [0.5, 0.6) is 0 Å². The molecule has 1 aromatic carbocycles. The molecule has 0 aliphatic rings. The summed E-state index contributed by atoms with van der Waals surface area (Å²) < 4.78 is 14.9. The minimum absolute atomic E-state index is 0.0222. The van der Waals surface area contributed by atoms with Crippen molar-refractivity contribution in [2.24, 2.45) is 0 Å². The Balaban J connectivity index is 2.18. The van der Waals surface area contributed by atoms with E-state index >= 15 is 0 Å². The topological polar surface area (TPSA) is 66.6 Å². The van der Waals surface area contributed by atoms with Gasteiger partial charge in [0.15, 0.2) is 23.1 Å². The Bertz CT molecular complexity index is 959. The maximum absolute atomic E-state index is 13.9. The van der Waals surface area contributed by atoms with Crippen molar-refractivity contribution in [3.8, 4) is 0 Å². The van der Waals surface area contributed by atoms with Crippen molar-refractivity contribution >= 4 is 28.8 Å². The summed E-state index contributed by atoms with van der Waals surface area (Å²) >= 11 is 11.0. The van der Waals surface area contributed by atoms with Gasteiger partial charge < -0.3 is 10.4 Å². The number of aliphatic hydroxyl groups excluding tert-OH is 1. The minimum Gasteiger partial charge on any atom is -0.391 e. The van der Waals surface area contributed by atoms with Gasteiger partial charge in [0.25, 0.3) is 5.56 Å². The average Bonchev–Trinajstić information content (AvgIpc) is 2.52. The lowest BCUT2D eigenvalue weighted by molar-refractivity contribution is -0.288. The van der Waals surface area contributed by atoms with Gasteiger partial charge in [-0.2, -0.15) is 0 Å². The first kappa shape index (κ1) is 15.7. The Hall–Kier alpha value is -2.15. The van der Waals surface area contributed by atoms with Crippen LogP contribution in [0.2, 0.25) is 10.0 Å². The molecule has 0 fully saturated rings. The lowest BCUT2D eigenvalue weighted by Gasteiger charge is -2.11. The largest absolute Gasteiger partial charge is 0.391 e. The van der Waals surface area contributed by atoms with Crippen LogP contribution < -0.4 is 10.9 Å². The number of benzene rings is 1. The van der Waals surface area contributed by atoms with Crippen LogP contribution in [0.3, 0.4) is 0 Å². The zero-order chi connectivity index (χ0) is 16.6. The van der Waals surface area contributed by atoms with E-state index in [1.807, 2.05) is 0 Å². The number of rotatable bonds is 3. The van der Waals surface area contributed by atoms with Crippen molar-refractivity contribution in [1.29, 1.82) is 0 Å². The van der Waals surface area contributed by atoms with Crippen LogP contribution in [0, 0.1) is 17.4 Å². The molecular weight excluding hydrogens is 344 g/mol. The second-order valence-corrected chi connectivity index (χ2v) is 5.57. The number of aromatic nitrogens is 2. The number of pyridine rings is 1. The van der Waals surface area contributed by atoms with E-state index in [1.54, 1.807) is 18.2 Å². The molecule has 2 N–H and O–H groups in total. The average molecular weight is 355 g/mol. The number of fused-ring (bicyclic) bond motifs is 1. The molecule has 0 bridgehead atoms. The van der Waals surface area contributed by atoms with Crippen LogP contribution in [0.4, 0.5) is 15.9 Å². The second kappa shape index (κ2) is 6.16. The van der Waals surface area contributed by atoms with E-state index in [4.69, 9.17) is 23.2 Å². The van der Waals surface area contributed by atoms with E-state index in [9.17, 15) is 14.3 Å². The van der Waals surface area contributed by atoms with Crippen LogP contribution in [-0.2, 0) is 6.61 Å². The van der Waals surface area contributed by atoms with Crippen LogP contribution in [0.1, 0.15) is 5.56 Å². The predicted molar refractivity (Wildman–Crippen MR) is 82.6 cm³/mol. The Morgan fingerprint density at radius 2 is 2.17 bits per heavy atom. The van der Waals surface area contributed by atoms with Gasteiger partial charge in [0, 0.05) is 18.0 Å². The molecule has 2 heterocycles. The Morgan fingerprint density at radius 3 is 2.87 bits per heavy atom. The molecule has 5 nitrogen and oxygen atoms in total. The molecule has 3 aromatic rings. The number of halogens is 3. The standard InChI is InChI=1S/C15H10Cl2FN3O2/c16-10-4-3-8(6-11(10)17)19-13-9(7-22)15(23)21-5-1-2-12(18)14(21)20-13/h1-6,17,22H,7H2/p+1. The van der Waals surface area contributed by atoms with E-state index in [0.717, 1.165) is 4.40 Å². The molecule has 0 radical (unpaired) electrons. The van der Waals surface area contributed by atoms with Gasteiger partial charge in [-0.05, 0) is 24.3 Å². The normalized spacial score (nSPS) is 11.0. The molecule has 0 amide bonds. The first-order valence-electron chi connectivity index (χ1n) is 6.55. The maximum Gasteiger partial charge on any atom is 0.265 e. The number of anilines is 2. The Kier molecular flexibility index (Phi) is 4.21. The molecule has 8 heteroatoms. The summed E-state index contributed by atoms with van der Waals surface area (Å²) in [5.74, 6) is -0.573. The summed E-state index contributed by atoms with van der Waals surface area (Å²) in [6.07, 6.45) is 1.39. The fraction of sp³-hybridized carbons (Fsp3) is 0.0667. The summed E-state index contributed by atoms with van der Waals surface area (Å²) in [5.41, 5.74) is -0.132. The summed E-state index contributed by atoms with van der Waals surface area (Å²) in [4.78, 5) is 16.5. The molecule has 0 aliphatic heterocycles. The van der Waals surface area contributed by atoms with Crippen LogP contribution in [-0.4, -0.2) is 14.5 Å². The van der Waals surface area contributed by atoms with Crippen LogP contribution in [0.15, 0.2) is 41.3 Å². The summed E-state index contributed by atoms with van der Waals surface area (Å²) in [6.45, 7) is -0.540. The van der Waals surface area contributed by atoms with Crippen molar-refractivity contribution in [3.05, 3.63) is 68.3 Å². The lowest BCUT2D eigenvalue weighted by atomic mass is 10.2. The number of aliphatic hydroxyl groups is 1. The lowest BCUT2D eigenvalue weighted by Crippen LogP contribution is -2.22. The molecule has 2 aromatic heterocycles. The zero-order valence-corrected chi connectivity index (χ0v) is 13.2. The van der Waals surface area contributed by atoms with E-state index < -0.39 is 18.0 Å². The fourth-order valence-corrected chi connectivity index (χ4v) is 2.44. The van der Waals surface area contributed by atoms with Crippen molar-refractivity contribution < 1.29 is 21.1 Å². The third-order valence-electron chi connectivity index (χ3n) is 3.25. The summed E-state index contributed by atoms with van der Waals surface area (Å²) in [7, 11) is 0. The van der Waals surface area contributed by atoms with Gasteiger partial charge in [0.2, 0.25) is 5.02 Å². The van der Waals surface area contributed by atoms with Crippen molar-refractivity contribution in [1.82, 2.24) is 9.38 Å². The van der Waals surface area contributed by atoms with E-state index in [2.05, 4.69) is 10.3 Å². The summed E-state index contributed by atoms with van der Waals surface area (Å²) in [5, 5.41) is 13.2. The molecule has 23 heavy (non-hydrogen) atoms. The quantitative estimate of drug-likeness (QED) is 0.757. The van der Waals surface area contributed by atoms with E-state index in [-0.39, 0.29) is 17.0 Å².